The second-order valence-corrected chi connectivity index (χ2v) is 10.7. The zero-order chi connectivity index (χ0) is 22.3. The average molecular weight is 427 g/mol. The number of fused-ring (bicyclic) bond motifs is 1. The van der Waals surface area contributed by atoms with Crippen molar-refractivity contribution in [3.63, 3.8) is 0 Å². The molecule has 4 fully saturated rings. The summed E-state index contributed by atoms with van der Waals surface area (Å²) in [4.78, 5) is 11.7. The normalized spacial score (nSPS) is 42.2. The summed E-state index contributed by atoms with van der Waals surface area (Å²) < 4.78 is 5.52. The third-order valence-electron chi connectivity index (χ3n) is 8.66. The van der Waals surface area contributed by atoms with E-state index in [2.05, 4.69) is 39.2 Å². The lowest BCUT2D eigenvalue weighted by Gasteiger charge is -2.44. The second-order valence-electron chi connectivity index (χ2n) is 10.7. The Hall–Kier alpha value is -1.65. The molecule has 2 N–H and O–H groups in total. The highest BCUT2D eigenvalue weighted by molar-refractivity contribution is 5.89. The number of aliphatic hydroxyl groups excluding tert-OH is 2. The van der Waals surface area contributed by atoms with E-state index < -0.39 is 12.2 Å². The molecule has 1 aliphatic heterocycles. The largest absolute Gasteiger partial charge is 0.459 e. The van der Waals surface area contributed by atoms with E-state index in [1.165, 1.54) is 31.3 Å². The van der Waals surface area contributed by atoms with Crippen molar-refractivity contribution in [1.82, 2.24) is 0 Å². The monoisotopic (exact) mass is 426 g/mol. The van der Waals surface area contributed by atoms with Gasteiger partial charge in [-0.05, 0) is 79.3 Å². The van der Waals surface area contributed by atoms with Crippen molar-refractivity contribution in [3.8, 4) is 0 Å². The van der Waals surface area contributed by atoms with E-state index in [0.29, 0.717) is 42.6 Å². The molecule has 0 radical (unpaired) electrons. The molecule has 0 aromatic rings. The molecule has 0 aromatic carbocycles. The molecule has 1 saturated heterocycles. The maximum Gasteiger partial charge on any atom is 0.333 e. The van der Waals surface area contributed by atoms with Crippen molar-refractivity contribution < 1.29 is 19.7 Å². The first kappa shape index (κ1) is 22.5. The molecule has 7 atom stereocenters. The van der Waals surface area contributed by atoms with Gasteiger partial charge in [-0.25, -0.2) is 4.79 Å². The number of allylic oxidation sites excluding steroid dienone is 3. The Morgan fingerprint density at radius 2 is 2.00 bits per heavy atom. The van der Waals surface area contributed by atoms with E-state index >= 15 is 0 Å². The molecule has 0 unspecified atom stereocenters. The molecule has 0 aromatic heterocycles. The van der Waals surface area contributed by atoms with Crippen LogP contribution in [0.2, 0.25) is 0 Å². The van der Waals surface area contributed by atoms with Gasteiger partial charge < -0.3 is 14.9 Å². The number of carbonyl (C=O) groups excluding carboxylic acids is 1. The minimum Gasteiger partial charge on any atom is -0.459 e. The quantitative estimate of drug-likeness (QED) is 0.489. The van der Waals surface area contributed by atoms with Gasteiger partial charge in [-0.2, -0.15) is 0 Å². The lowest BCUT2D eigenvalue weighted by Crippen LogP contribution is -2.36. The Morgan fingerprint density at radius 1 is 1.23 bits per heavy atom. The van der Waals surface area contributed by atoms with Crippen LogP contribution in [0.1, 0.15) is 71.6 Å². The highest BCUT2D eigenvalue weighted by Crippen LogP contribution is 2.60. The smallest absolute Gasteiger partial charge is 0.333 e. The standard InChI is InChI=1S/C27H38O4/c1-16(12-22-13-17(2)26(30)31-22)23-9-10-24-19(6-5-11-27(23,24)4)7-8-20-14-21(28)15-25(29)18(20)3/h7-8,16,21-25,28-29H,2-3,5-6,9-15H2,1,4H3/b19-7-,20-8-/t16-,21-,22-,23-,24+,25+,27-/m1/s1. The van der Waals surface area contributed by atoms with Crippen LogP contribution in [0.5, 0.6) is 0 Å². The molecule has 0 bridgehead atoms. The van der Waals surface area contributed by atoms with E-state index in [0.717, 1.165) is 24.0 Å². The SMILES string of the molecule is C=C1C[C@@H](C[C@@H](C)[C@H]2CC[C@H]3/C(=C\C=C4\C[C@@H](O)C[C@H](O)C4=C)CCC[C@]23C)OC1=O. The van der Waals surface area contributed by atoms with Crippen LogP contribution in [-0.2, 0) is 9.53 Å². The molecule has 3 aliphatic carbocycles. The van der Waals surface area contributed by atoms with Crippen LogP contribution in [-0.4, -0.2) is 34.5 Å². The Labute approximate surface area is 186 Å². The van der Waals surface area contributed by atoms with Crippen molar-refractivity contribution in [1.29, 1.82) is 0 Å². The molecular weight excluding hydrogens is 388 g/mol. The first-order valence-corrected chi connectivity index (χ1v) is 12.0. The number of ether oxygens (including phenoxy) is 1. The molecule has 4 rings (SSSR count). The van der Waals surface area contributed by atoms with E-state index in [4.69, 9.17) is 4.74 Å². The van der Waals surface area contributed by atoms with Gasteiger partial charge in [0.2, 0.25) is 0 Å². The summed E-state index contributed by atoms with van der Waals surface area (Å²) in [5.41, 5.74) is 4.15. The summed E-state index contributed by atoms with van der Waals surface area (Å²) in [5.74, 6) is 1.51. The highest BCUT2D eigenvalue weighted by atomic mass is 16.5. The van der Waals surface area contributed by atoms with Crippen molar-refractivity contribution >= 4 is 5.97 Å². The first-order chi connectivity index (χ1) is 14.7. The van der Waals surface area contributed by atoms with Crippen molar-refractivity contribution in [2.24, 2.45) is 23.2 Å². The van der Waals surface area contributed by atoms with Gasteiger partial charge in [0.1, 0.15) is 6.10 Å². The average Bonchev–Trinajstić information content (AvgIpc) is 3.22. The summed E-state index contributed by atoms with van der Waals surface area (Å²) in [6.07, 6.45) is 11.8. The summed E-state index contributed by atoms with van der Waals surface area (Å²) in [6, 6.07) is 0. The van der Waals surface area contributed by atoms with Gasteiger partial charge in [0.05, 0.1) is 12.2 Å². The third-order valence-corrected chi connectivity index (χ3v) is 8.66. The van der Waals surface area contributed by atoms with E-state index in [1.807, 2.05) is 0 Å². The summed E-state index contributed by atoms with van der Waals surface area (Å²) >= 11 is 0. The fourth-order valence-corrected chi connectivity index (χ4v) is 7.02. The third kappa shape index (κ3) is 4.34. The molecular formula is C27H38O4. The summed E-state index contributed by atoms with van der Waals surface area (Å²) in [6.45, 7) is 12.7. The predicted octanol–water partition coefficient (Wildman–Crippen LogP) is 5.03. The van der Waals surface area contributed by atoms with E-state index in [9.17, 15) is 15.0 Å². The minimum atomic E-state index is -0.637. The van der Waals surface area contributed by atoms with Crippen LogP contribution in [0.15, 0.2) is 47.6 Å². The molecule has 3 saturated carbocycles. The van der Waals surface area contributed by atoms with E-state index in [-0.39, 0.29) is 17.5 Å². The van der Waals surface area contributed by atoms with Gasteiger partial charge >= 0.3 is 5.97 Å². The fraction of sp³-hybridized carbons (Fsp3) is 0.667. The summed E-state index contributed by atoms with van der Waals surface area (Å²) in [5, 5.41) is 20.2. The Bertz CT molecular complexity index is 805. The number of hydrogen-bond donors (Lipinski definition) is 2. The predicted molar refractivity (Wildman–Crippen MR) is 122 cm³/mol. The van der Waals surface area contributed by atoms with Crippen molar-refractivity contribution in [2.75, 3.05) is 0 Å². The number of cyclic esters (lactones) is 1. The van der Waals surface area contributed by atoms with Crippen LogP contribution in [0, 0.1) is 23.2 Å². The molecule has 4 nitrogen and oxygen atoms in total. The molecule has 4 aliphatic rings. The zero-order valence-electron chi connectivity index (χ0n) is 19.1. The van der Waals surface area contributed by atoms with Crippen LogP contribution in [0.3, 0.4) is 0 Å². The fourth-order valence-electron chi connectivity index (χ4n) is 7.02. The lowest BCUT2D eigenvalue weighted by atomic mass is 9.60. The van der Waals surface area contributed by atoms with Crippen LogP contribution >= 0.6 is 0 Å². The highest BCUT2D eigenvalue weighted by Gasteiger charge is 2.51. The van der Waals surface area contributed by atoms with E-state index in [1.54, 1.807) is 0 Å². The maximum atomic E-state index is 11.7. The minimum absolute atomic E-state index is 0.00356. The maximum absolute atomic E-state index is 11.7. The molecule has 0 spiro atoms. The molecule has 0 amide bonds. The van der Waals surface area contributed by atoms with Crippen LogP contribution in [0.25, 0.3) is 0 Å². The van der Waals surface area contributed by atoms with Crippen molar-refractivity contribution in [3.05, 3.63) is 47.6 Å². The Morgan fingerprint density at radius 3 is 2.71 bits per heavy atom. The van der Waals surface area contributed by atoms with Crippen LogP contribution < -0.4 is 0 Å². The van der Waals surface area contributed by atoms with Gasteiger partial charge in [0.15, 0.2) is 0 Å². The molecule has 1 heterocycles. The molecule has 31 heavy (non-hydrogen) atoms. The van der Waals surface area contributed by atoms with Gasteiger partial charge in [-0.15, -0.1) is 0 Å². The number of aliphatic hydroxyl groups is 2. The summed E-state index contributed by atoms with van der Waals surface area (Å²) in [7, 11) is 0. The van der Waals surface area contributed by atoms with Crippen molar-refractivity contribution in [2.45, 2.75) is 89.9 Å². The van der Waals surface area contributed by atoms with Gasteiger partial charge in [0.25, 0.3) is 0 Å². The first-order valence-electron chi connectivity index (χ1n) is 12.0. The topological polar surface area (TPSA) is 66.8 Å². The number of carbonyl (C=O) groups is 1. The molecule has 4 heteroatoms. The second kappa shape index (κ2) is 8.71. The number of hydrogen-bond acceptors (Lipinski definition) is 4. The molecule has 170 valence electrons. The van der Waals surface area contributed by atoms with Gasteiger partial charge in [-0.3, -0.25) is 0 Å². The Kier molecular flexibility index (Phi) is 6.33. The van der Waals surface area contributed by atoms with Crippen LogP contribution in [0.4, 0.5) is 0 Å². The van der Waals surface area contributed by atoms with Gasteiger partial charge in [0, 0.05) is 18.4 Å². The number of esters is 1. The number of rotatable bonds is 4. The zero-order valence-corrected chi connectivity index (χ0v) is 19.1. The van der Waals surface area contributed by atoms with Gasteiger partial charge in [-0.1, -0.05) is 44.7 Å². The lowest BCUT2D eigenvalue weighted by molar-refractivity contribution is -0.139. The Balaban J connectivity index is 1.48.